The third kappa shape index (κ3) is 3.56. The molecule has 0 amide bonds. The van der Waals surface area contributed by atoms with Gasteiger partial charge in [-0.25, -0.2) is 0 Å². The highest BCUT2D eigenvalue weighted by molar-refractivity contribution is 7.59. The number of hydrogen-bond donors (Lipinski definition) is 1. The van der Waals surface area contributed by atoms with E-state index in [4.69, 9.17) is 5.11 Å². The van der Waals surface area contributed by atoms with Crippen LogP contribution in [0, 0.1) is 5.41 Å². The summed E-state index contributed by atoms with van der Waals surface area (Å²) >= 11 is 0. The van der Waals surface area contributed by atoms with Gasteiger partial charge < -0.3 is 5.11 Å². The van der Waals surface area contributed by atoms with Gasteiger partial charge in [0, 0.05) is 0 Å². The molecule has 0 aromatic rings. The van der Waals surface area contributed by atoms with Gasteiger partial charge in [-0.3, -0.25) is 4.79 Å². The fourth-order valence-electron chi connectivity index (χ4n) is 0.448. The van der Waals surface area contributed by atoms with Gasteiger partial charge in [-0.2, -0.15) is 13.5 Å². The summed E-state index contributed by atoms with van der Waals surface area (Å²) in [6.45, 7) is 6.82. The summed E-state index contributed by atoms with van der Waals surface area (Å²) in [6, 6.07) is 0. The average molecular weight is 162 g/mol. The number of rotatable bonds is 3. The van der Waals surface area contributed by atoms with Gasteiger partial charge in [-0.15, -0.1) is 6.58 Å². The van der Waals surface area contributed by atoms with Crippen LogP contribution in [0.15, 0.2) is 12.7 Å². The first-order chi connectivity index (χ1) is 4.00. The first-order valence-corrected chi connectivity index (χ1v) is 2.85. The van der Waals surface area contributed by atoms with Crippen molar-refractivity contribution < 1.29 is 9.90 Å². The van der Waals surface area contributed by atoms with Crippen LogP contribution in [0.2, 0.25) is 0 Å². The second-order valence-corrected chi connectivity index (χ2v) is 2.68. The van der Waals surface area contributed by atoms with E-state index in [1.54, 1.807) is 19.9 Å². The van der Waals surface area contributed by atoms with E-state index in [-0.39, 0.29) is 13.5 Å². The second-order valence-electron chi connectivity index (χ2n) is 2.68. The smallest absolute Gasteiger partial charge is 0.309 e. The molecule has 0 aromatic carbocycles. The Morgan fingerprint density at radius 2 is 2.10 bits per heavy atom. The first kappa shape index (κ1) is 12.3. The third-order valence-corrected chi connectivity index (χ3v) is 1.23. The van der Waals surface area contributed by atoms with Crippen molar-refractivity contribution in [3.05, 3.63) is 12.7 Å². The highest BCUT2D eigenvalue weighted by Crippen LogP contribution is 2.19. The number of carboxylic acids is 1. The second kappa shape index (κ2) is 4.39. The molecule has 0 aliphatic rings. The summed E-state index contributed by atoms with van der Waals surface area (Å²) in [5.74, 6) is -0.776. The van der Waals surface area contributed by atoms with Crippen molar-refractivity contribution >= 4 is 19.5 Å². The highest BCUT2D eigenvalue weighted by atomic mass is 32.1. The molecular formula is C7H14O2S. The van der Waals surface area contributed by atoms with E-state index < -0.39 is 11.4 Å². The molecule has 0 saturated heterocycles. The maximum absolute atomic E-state index is 10.4. The van der Waals surface area contributed by atoms with Crippen LogP contribution in [0.4, 0.5) is 0 Å². The molecule has 0 atom stereocenters. The Labute approximate surface area is 68.4 Å². The normalized spacial score (nSPS) is 9.80. The molecule has 0 radical (unpaired) electrons. The molecule has 0 fully saturated rings. The molecule has 0 bridgehead atoms. The minimum absolute atomic E-state index is 0. The Kier molecular flexibility index (Phi) is 5.38. The van der Waals surface area contributed by atoms with Crippen molar-refractivity contribution in [1.82, 2.24) is 0 Å². The van der Waals surface area contributed by atoms with Crippen LogP contribution >= 0.6 is 13.5 Å². The van der Waals surface area contributed by atoms with Crippen molar-refractivity contribution in [2.75, 3.05) is 0 Å². The van der Waals surface area contributed by atoms with Gasteiger partial charge in [0.1, 0.15) is 0 Å². The molecule has 2 nitrogen and oxygen atoms in total. The largest absolute Gasteiger partial charge is 0.481 e. The fourth-order valence-corrected chi connectivity index (χ4v) is 0.448. The minimum atomic E-state index is -0.776. The number of aliphatic carboxylic acids is 1. The van der Waals surface area contributed by atoms with Gasteiger partial charge in [0.05, 0.1) is 5.41 Å². The Morgan fingerprint density at radius 1 is 1.70 bits per heavy atom. The van der Waals surface area contributed by atoms with Gasteiger partial charge in [-0.1, -0.05) is 6.08 Å². The van der Waals surface area contributed by atoms with Crippen LogP contribution in [-0.4, -0.2) is 11.1 Å². The summed E-state index contributed by atoms with van der Waals surface area (Å²) in [6.07, 6.45) is 2.14. The maximum Gasteiger partial charge on any atom is 0.309 e. The predicted octanol–water partition coefficient (Wildman–Crippen LogP) is 1.79. The number of carboxylic acid groups (broad SMARTS) is 1. The van der Waals surface area contributed by atoms with Crippen LogP contribution < -0.4 is 0 Å². The lowest BCUT2D eigenvalue weighted by Gasteiger charge is -2.15. The molecule has 1 N–H and O–H groups in total. The molecule has 0 spiro atoms. The molecule has 3 heteroatoms. The van der Waals surface area contributed by atoms with E-state index in [0.29, 0.717) is 6.42 Å². The van der Waals surface area contributed by atoms with Crippen molar-refractivity contribution in [3.63, 3.8) is 0 Å². The van der Waals surface area contributed by atoms with Gasteiger partial charge in [0.2, 0.25) is 0 Å². The van der Waals surface area contributed by atoms with Gasteiger partial charge in [0.25, 0.3) is 0 Å². The summed E-state index contributed by atoms with van der Waals surface area (Å²) in [4.78, 5) is 10.4. The summed E-state index contributed by atoms with van der Waals surface area (Å²) in [5.41, 5.74) is -0.651. The molecule has 0 unspecified atom stereocenters. The number of carbonyl (C=O) groups is 1. The molecule has 0 aromatic heterocycles. The van der Waals surface area contributed by atoms with Crippen molar-refractivity contribution in [2.45, 2.75) is 20.3 Å². The zero-order valence-electron chi connectivity index (χ0n) is 6.35. The molecule has 0 aliphatic carbocycles. The van der Waals surface area contributed by atoms with Gasteiger partial charge in [-0.05, 0) is 20.3 Å². The topological polar surface area (TPSA) is 37.3 Å². The lowest BCUT2D eigenvalue weighted by atomic mass is 9.90. The van der Waals surface area contributed by atoms with Gasteiger partial charge in [0.15, 0.2) is 0 Å². The molecule has 0 heterocycles. The van der Waals surface area contributed by atoms with E-state index in [0.717, 1.165) is 0 Å². The minimum Gasteiger partial charge on any atom is -0.481 e. The van der Waals surface area contributed by atoms with Crippen LogP contribution in [0.25, 0.3) is 0 Å². The van der Waals surface area contributed by atoms with Crippen LogP contribution in [0.3, 0.4) is 0 Å². The van der Waals surface area contributed by atoms with Crippen LogP contribution in [-0.2, 0) is 4.79 Å². The monoisotopic (exact) mass is 162 g/mol. The van der Waals surface area contributed by atoms with E-state index in [1.807, 2.05) is 0 Å². The zero-order chi connectivity index (χ0) is 7.49. The Morgan fingerprint density at radius 3 is 2.20 bits per heavy atom. The van der Waals surface area contributed by atoms with E-state index in [9.17, 15) is 4.79 Å². The number of hydrogen-bond acceptors (Lipinski definition) is 1. The fraction of sp³-hybridized carbons (Fsp3) is 0.571. The maximum atomic E-state index is 10.4. The third-order valence-electron chi connectivity index (χ3n) is 1.23. The molecule has 0 rings (SSSR count). The van der Waals surface area contributed by atoms with E-state index in [1.165, 1.54) is 0 Å². The van der Waals surface area contributed by atoms with Crippen molar-refractivity contribution in [3.8, 4) is 0 Å². The Balaban J connectivity index is 0. The average Bonchev–Trinajstić information content (AvgIpc) is 1.65. The summed E-state index contributed by atoms with van der Waals surface area (Å²) < 4.78 is 0. The molecule has 60 valence electrons. The highest BCUT2D eigenvalue weighted by Gasteiger charge is 2.24. The van der Waals surface area contributed by atoms with Crippen molar-refractivity contribution in [1.29, 1.82) is 0 Å². The standard InChI is InChI=1S/C7H12O2.H2S/c1-4-5-7(2,3)6(8)9;/h4H,1,5H2,2-3H3,(H,8,9);1H2. The SMILES string of the molecule is C=CCC(C)(C)C(=O)O.S. The van der Waals surface area contributed by atoms with Gasteiger partial charge >= 0.3 is 5.97 Å². The molecule has 0 saturated carbocycles. The van der Waals surface area contributed by atoms with Crippen LogP contribution in [0.5, 0.6) is 0 Å². The zero-order valence-corrected chi connectivity index (χ0v) is 7.35. The quantitative estimate of drug-likeness (QED) is 0.642. The molecule has 0 aliphatic heterocycles. The predicted molar refractivity (Wildman–Crippen MR) is 46.6 cm³/mol. The van der Waals surface area contributed by atoms with Crippen molar-refractivity contribution in [2.24, 2.45) is 5.41 Å². The first-order valence-electron chi connectivity index (χ1n) is 2.85. The summed E-state index contributed by atoms with van der Waals surface area (Å²) in [7, 11) is 0. The molecule has 10 heavy (non-hydrogen) atoms. The van der Waals surface area contributed by atoms with E-state index >= 15 is 0 Å². The summed E-state index contributed by atoms with van der Waals surface area (Å²) in [5, 5.41) is 8.52. The lowest BCUT2D eigenvalue weighted by molar-refractivity contribution is -0.146. The molecular weight excluding hydrogens is 148 g/mol. The Hall–Kier alpha value is -0.440. The Bertz CT molecular complexity index is 130. The lowest BCUT2D eigenvalue weighted by Crippen LogP contribution is -2.22. The number of allylic oxidation sites excluding steroid dienone is 1. The van der Waals surface area contributed by atoms with E-state index in [2.05, 4.69) is 6.58 Å². The van der Waals surface area contributed by atoms with Crippen LogP contribution in [0.1, 0.15) is 20.3 Å².